The summed E-state index contributed by atoms with van der Waals surface area (Å²) in [6.07, 6.45) is 0. The first kappa shape index (κ1) is 17.2. The topological polar surface area (TPSA) is 98.5 Å². The summed E-state index contributed by atoms with van der Waals surface area (Å²) in [7, 11) is -3.71. The fourth-order valence-corrected chi connectivity index (χ4v) is 5.50. The normalized spacial score (nSPS) is 12.8. The van der Waals surface area contributed by atoms with Crippen LogP contribution in [0.15, 0.2) is 46.7 Å². The number of carbonyl (C=O) groups is 1. The third-order valence-electron chi connectivity index (χ3n) is 3.89. The Morgan fingerprint density at radius 1 is 1.19 bits per heavy atom. The number of ether oxygens (including phenoxy) is 1. The van der Waals surface area contributed by atoms with Crippen LogP contribution < -0.4 is 15.2 Å². The molecule has 9 heteroatoms. The summed E-state index contributed by atoms with van der Waals surface area (Å²) in [6.45, 7) is 0.688. The van der Waals surface area contributed by atoms with Gasteiger partial charge < -0.3 is 10.1 Å². The maximum Gasteiger partial charge on any atom is 0.261 e. The van der Waals surface area contributed by atoms with Gasteiger partial charge in [-0.15, -0.1) is 22.7 Å². The molecule has 0 spiro atoms. The van der Waals surface area contributed by atoms with Gasteiger partial charge in [0.15, 0.2) is 0 Å². The van der Waals surface area contributed by atoms with Gasteiger partial charge in [0.2, 0.25) is 10.0 Å². The minimum absolute atomic E-state index is 0.0853. The minimum Gasteiger partial charge on any atom is -0.488 e. The van der Waals surface area contributed by atoms with E-state index in [0.29, 0.717) is 11.5 Å². The zero-order chi connectivity index (χ0) is 18.3. The standard InChI is InChI=1S/C17H14N2O4S3/c18-26(21,22)15-6-5-11(24-15)8-19-17(20)14-7-10-9-23-13-4-2-1-3-12(13)16(10)25-14/h1-7H,8-9H2,(H,19,20)(H2,18,21,22). The van der Waals surface area contributed by atoms with E-state index < -0.39 is 10.0 Å². The van der Waals surface area contributed by atoms with E-state index in [2.05, 4.69) is 5.32 Å². The second kappa shape index (κ2) is 6.51. The molecule has 3 heterocycles. The lowest BCUT2D eigenvalue weighted by Crippen LogP contribution is -2.21. The van der Waals surface area contributed by atoms with Crippen LogP contribution >= 0.6 is 22.7 Å². The largest absolute Gasteiger partial charge is 0.488 e. The van der Waals surface area contributed by atoms with Gasteiger partial charge in [0.25, 0.3) is 5.91 Å². The Balaban J connectivity index is 1.50. The Labute approximate surface area is 158 Å². The van der Waals surface area contributed by atoms with Crippen molar-refractivity contribution in [2.24, 2.45) is 5.14 Å². The van der Waals surface area contributed by atoms with Crippen LogP contribution in [0.3, 0.4) is 0 Å². The highest BCUT2D eigenvalue weighted by molar-refractivity contribution is 7.91. The van der Waals surface area contributed by atoms with Gasteiger partial charge in [0, 0.05) is 20.9 Å². The molecule has 0 unspecified atom stereocenters. The van der Waals surface area contributed by atoms with Crippen LogP contribution in [0.25, 0.3) is 10.4 Å². The molecule has 0 saturated carbocycles. The van der Waals surface area contributed by atoms with Crippen molar-refractivity contribution >= 4 is 38.6 Å². The number of hydrogen-bond donors (Lipinski definition) is 2. The molecule has 6 nitrogen and oxygen atoms in total. The lowest BCUT2D eigenvalue weighted by molar-refractivity contribution is 0.0955. The quantitative estimate of drug-likeness (QED) is 0.696. The molecule has 3 N–H and O–H groups in total. The SMILES string of the molecule is NS(=O)(=O)c1ccc(CNC(=O)c2cc3c(s2)-c2ccccc2OC3)s1. The molecule has 2 aromatic heterocycles. The van der Waals surface area contributed by atoms with Gasteiger partial charge in [-0.2, -0.15) is 0 Å². The highest BCUT2D eigenvalue weighted by Gasteiger charge is 2.22. The van der Waals surface area contributed by atoms with Gasteiger partial charge in [-0.3, -0.25) is 4.79 Å². The van der Waals surface area contributed by atoms with Crippen LogP contribution in [-0.2, 0) is 23.2 Å². The third kappa shape index (κ3) is 3.26. The Hall–Kier alpha value is -2.20. The molecular weight excluding hydrogens is 392 g/mol. The van der Waals surface area contributed by atoms with Gasteiger partial charge in [-0.05, 0) is 30.3 Å². The number of rotatable bonds is 4. The Morgan fingerprint density at radius 3 is 2.77 bits per heavy atom. The number of carbonyl (C=O) groups excluding carboxylic acids is 1. The highest BCUT2D eigenvalue weighted by atomic mass is 32.2. The Morgan fingerprint density at radius 2 is 2.00 bits per heavy atom. The van der Waals surface area contributed by atoms with Gasteiger partial charge in [0.05, 0.1) is 11.4 Å². The summed E-state index contributed by atoms with van der Waals surface area (Å²) in [5.41, 5.74) is 1.99. The van der Waals surface area contributed by atoms with Crippen LogP contribution in [0.2, 0.25) is 0 Å². The number of sulfonamides is 1. The van der Waals surface area contributed by atoms with E-state index in [1.165, 1.54) is 17.4 Å². The van der Waals surface area contributed by atoms with Crippen molar-refractivity contribution in [2.75, 3.05) is 0 Å². The fraction of sp³-hybridized carbons (Fsp3) is 0.118. The number of benzene rings is 1. The summed E-state index contributed by atoms with van der Waals surface area (Å²) >= 11 is 2.48. The van der Waals surface area contributed by atoms with E-state index in [0.717, 1.165) is 38.0 Å². The third-order valence-corrected chi connectivity index (χ3v) is 7.62. The molecule has 1 aromatic carbocycles. The van der Waals surface area contributed by atoms with Crippen LogP contribution in [-0.4, -0.2) is 14.3 Å². The molecule has 134 valence electrons. The van der Waals surface area contributed by atoms with E-state index in [1.54, 1.807) is 6.07 Å². The molecule has 0 aliphatic carbocycles. The van der Waals surface area contributed by atoms with Gasteiger partial charge >= 0.3 is 0 Å². The molecule has 1 aliphatic heterocycles. The fourth-order valence-electron chi connectivity index (χ4n) is 2.67. The predicted molar refractivity (Wildman–Crippen MR) is 101 cm³/mol. The average Bonchev–Trinajstić information content (AvgIpc) is 3.26. The zero-order valence-corrected chi connectivity index (χ0v) is 15.8. The highest BCUT2D eigenvalue weighted by Crippen LogP contribution is 2.42. The van der Waals surface area contributed by atoms with Crippen molar-refractivity contribution < 1.29 is 17.9 Å². The molecule has 0 radical (unpaired) electrons. The second-order valence-corrected chi connectivity index (χ2v) is 9.71. The number of amides is 1. The van der Waals surface area contributed by atoms with Crippen molar-refractivity contribution in [3.05, 3.63) is 57.8 Å². The predicted octanol–water partition coefficient (Wildman–Crippen LogP) is 2.95. The van der Waals surface area contributed by atoms with Gasteiger partial charge in [0.1, 0.15) is 16.6 Å². The van der Waals surface area contributed by atoms with Crippen LogP contribution in [0.5, 0.6) is 5.75 Å². The van der Waals surface area contributed by atoms with Crippen molar-refractivity contribution in [2.45, 2.75) is 17.4 Å². The lowest BCUT2D eigenvalue weighted by Gasteiger charge is -2.16. The maximum atomic E-state index is 12.5. The van der Waals surface area contributed by atoms with E-state index in [4.69, 9.17) is 9.88 Å². The van der Waals surface area contributed by atoms with Crippen LogP contribution in [0, 0.1) is 0 Å². The summed E-state index contributed by atoms with van der Waals surface area (Å²) in [5.74, 6) is 0.621. The summed E-state index contributed by atoms with van der Waals surface area (Å²) in [5, 5.41) is 7.92. The van der Waals surface area contributed by atoms with Crippen LogP contribution in [0.1, 0.15) is 20.1 Å². The average molecular weight is 407 g/mol. The van der Waals surface area contributed by atoms with E-state index in [1.807, 2.05) is 30.3 Å². The molecule has 3 aromatic rings. The zero-order valence-electron chi connectivity index (χ0n) is 13.4. The number of nitrogens with two attached hydrogens (primary N) is 1. The Bertz CT molecular complexity index is 1100. The van der Waals surface area contributed by atoms with Gasteiger partial charge in [-0.1, -0.05) is 12.1 Å². The van der Waals surface area contributed by atoms with Crippen LogP contribution in [0.4, 0.5) is 0 Å². The van der Waals surface area contributed by atoms with Crippen molar-refractivity contribution in [1.29, 1.82) is 0 Å². The summed E-state index contributed by atoms with van der Waals surface area (Å²) in [4.78, 5) is 14.8. The first-order valence-corrected chi connectivity index (χ1v) is 10.8. The lowest BCUT2D eigenvalue weighted by atomic mass is 10.1. The molecule has 0 atom stereocenters. The number of primary sulfonamides is 1. The molecular formula is C17H14N2O4S3. The molecule has 1 aliphatic rings. The molecule has 0 saturated heterocycles. The number of para-hydroxylation sites is 1. The molecule has 0 bridgehead atoms. The Kier molecular flexibility index (Phi) is 4.31. The summed E-state index contributed by atoms with van der Waals surface area (Å²) in [6, 6.07) is 12.7. The van der Waals surface area contributed by atoms with E-state index in [-0.39, 0.29) is 16.7 Å². The molecule has 4 rings (SSSR count). The number of hydrogen-bond acceptors (Lipinski definition) is 6. The van der Waals surface area contributed by atoms with Crippen molar-refractivity contribution in [1.82, 2.24) is 5.32 Å². The number of fused-ring (bicyclic) bond motifs is 3. The minimum atomic E-state index is -3.71. The molecule has 0 fully saturated rings. The van der Waals surface area contributed by atoms with Crippen molar-refractivity contribution in [3.63, 3.8) is 0 Å². The maximum absolute atomic E-state index is 12.5. The number of nitrogens with one attached hydrogen (secondary N) is 1. The first-order valence-electron chi connectivity index (χ1n) is 7.66. The van der Waals surface area contributed by atoms with E-state index >= 15 is 0 Å². The van der Waals surface area contributed by atoms with Crippen molar-refractivity contribution in [3.8, 4) is 16.2 Å². The monoisotopic (exact) mass is 406 g/mol. The number of thiophene rings is 2. The molecule has 26 heavy (non-hydrogen) atoms. The second-order valence-electron chi connectivity index (χ2n) is 5.70. The molecule has 1 amide bonds. The summed E-state index contributed by atoms with van der Waals surface area (Å²) < 4.78 is 28.4. The first-order chi connectivity index (χ1) is 12.4. The van der Waals surface area contributed by atoms with E-state index in [9.17, 15) is 13.2 Å². The smallest absolute Gasteiger partial charge is 0.261 e. The van der Waals surface area contributed by atoms with Gasteiger partial charge in [-0.25, -0.2) is 13.6 Å².